The molecule has 2 aromatic carbocycles. The second-order valence-electron chi connectivity index (χ2n) is 7.93. The summed E-state index contributed by atoms with van der Waals surface area (Å²) in [5, 5.41) is 0. The standard InChI is InChI=1S/C26H34/c1-3-5-6-8-22-11-15-24(16-12-22)26-19-17-25(18-20-26)23-13-9-21(7-4-2)10-14-23/h3,5,11-12,15-21,23H,4,6-10,13-14H2,1-2H3/b5-3+. The first-order valence-corrected chi connectivity index (χ1v) is 10.6. The molecule has 0 unspecified atom stereocenters. The normalized spacial score (nSPS) is 20.5. The van der Waals surface area contributed by atoms with Crippen LogP contribution in [0.15, 0.2) is 60.7 Å². The van der Waals surface area contributed by atoms with E-state index in [2.05, 4.69) is 74.5 Å². The van der Waals surface area contributed by atoms with E-state index in [1.807, 2.05) is 0 Å². The third-order valence-corrected chi connectivity index (χ3v) is 6.05. The van der Waals surface area contributed by atoms with Gasteiger partial charge < -0.3 is 0 Å². The molecule has 3 rings (SSSR count). The van der Waals surface area contributed by atoms with Crippen molar-refractivity contribution in [2.75, 3.05) is 0 Å². The molecule has 1 saturated carbocycles. The molecule has 138 valence electrons. The zero-order chi connectivity index (χ0) is 18.2. The minimum atomic E-state index is 0.783. The molecule has 0 heteroatoms. The van der Waals surface area contributed by atoms with Gasteiger partial charge in [-0.3, -0.25) is 0 Å². The summed E-state index contributed by atoms with van der Waals surface area (Å²) in [4.78, 5) is 0. The van der Waals surface area contributed by atoms with Gasteiger partial charge in [0, 0.05) is 0 Å². The fourth-order valence-electron chi connectivity index (χ4n) is 4.42. The lowest BCUT2D eigenvalue weighted by Gasteiger charge is -2.28. The monoisotopic (exact) mass is 346 g/mol. The molecule has 0 amide bonds. The third-order valence-electron chi connectivity index (χ3n) is 6.05. The smallest absolute Gasteiger partial charge is 0.0162 e. The Bertz CT molecular complexity index is 667. The highest BCUT2D eigenvalue weighted by molar-refractivity contribution is 5.64. The van der Waals surface area contributed by atoms with Gasteiger partial charge in [0.25, 0.3) is 0 Å². The Kier molecular flexibility index (Phi) is 7.12. The molecule has 0 aliphatic heterocycles. The van der Waals surface area contributed by atoms with Crippen LogP contribution in [0.5, 0.6) is 0 Å². The molecule has 0 radical (unpaired) electrons. The second-order valence-corrected chi connectivity index (χ2v) is 7.93. The Hall–Kier alpha value is -1.82. The van der Waals surface area contributed by atoms with Crippen molar-refractivity contribution in [3.63, 3.8) is 0 Å². The van der Waals surface area contributed by atoms with Crippen LogP contribution >= 0.6 is 0 Å². The van der Waals surface area contributed by atoms with Crippen LogP contribution in [0.2, 0.25) is 0 Å². The number of aryl methyl sites for hydroxylation is 1. The average molecular weight is 347 g/mol. The molecule has 1 aliphatic carbocycles. The molecule has 1 aliphatic rings. The Labute approximate surface area is 160 Å². The van der Waals surface area contributed by atoms with Crippen molar-refractivity contribution in [2.24, 2.45) is 5.92 Å². The van der Waals surface area contributed by atoms with Crippen LogP contribution in [0, 0.1) is 5.92 Å². The summed E-state index contributed by atoms with van der Waals surface area (Å²) in [6.45, 7) is 4.41. The first kappa shape index (κ1) is 19.0. The van der Waals surface area contributed by atoms with E-state index in [-0.39, 0.29) is 0 Å². The summed E-state index contributed by atoms with van der Waals surface area (Å²) in [6.07, 6.45) is 15.0. The van der Waals surface area contributed by atoms with Crippen LogP contribution in [0.25, 0.3) is 11.1 Å². The van der Waals surface area contributed by atoms with E-state index in [0.717, 1.165) is 24.7 Å². The molecule has 0 N–H and O–H groups in total. The molecule has 0 bridgehead atoms. The van der Waals surface area contributed by atoms with Crippen molar-refractivity contribution in [3.05, 3.63) is 71.8 Å². The van der Waals surface area contributed by atoms with Crippen molar-refractivity contribution in [1.82, 2.24) is 0 Å². The summed E-state index contributed by atoms with van der Waals surface area (Å²) < 4.78 is 0. The van der Waals surface area contributed by atoms with Crippen molar-refractivity contribution in [2.45, 2.75) is 71.1 Å². The van der Waals surface area contributed by atoms with E-state index in [0.29, 0.717) is 0 Å². The van der Waals surface area contributed by atoms with Gasteiger partial charge in [-0.1, -0.05) is 80.4 Å². The highest BCUT2D eigenvalue weighted by Crippen LogP contribution is 2.38. The Morgan fingerprint density at radius 2 is 1.46 bits per heavy atom. The SMILES string of the molecule is C/C=C/CCc1ccc(-c2ccc(C3CCC(CCC)CC3)cc2)cc1. The minimum absolute atomic E-state index is 0.783. The van der Waals surface area contributed by atoms with Gasteiger partial charge in [-0.15, -0.1) is 0 Å². The number of rotatable bonds is 7. The molecule has 1 fully saturated rings. The maximum absolute atomic E-state index is 2.38. The molecule has 0 aromatic heterocycles. The van der Waals surface area contributed by atoms with Crippen LogP contribution in [0.3, 0.4) is 0 Å². The van der Waals surface area contributed by atoms with Crippen molar-refractivity contribution >= 4 is 0 Å². The van der Waals surface area contributed by atoms with Crippen molar-refractivity contribution < 1.29 is 0 Å². The van der Waals surface area contributed by atoms with Gasteiger partial charge in [-0.05, 0) is 79.5 Å². The third kappa shape index (κ3) is 5.10. The quantitative estimate of drug-likeness (QED) is 0.446. The fraction of sp³-hybridized carbons (Fsp3) is 0.462. The van der Waals surface area contributed by atoms with Gasteiger partial charge in [0.2, 0.25) is 0 Å². The maximum Gasteiger partial charge on any atom is -0.0162 e. The van der Waals surface area contributed by atoms with Gasteiger partial charge >= 0.3 is 0 Å². The molecule has 0 nitrogen and oxygen atoms in total. The Balaban J connectivity index is 1.59. The molecular formula is C26H34. The van der Waals surface area contributed by atoms with Gasteiger partial charge in [0.05, 0.1) is 0 Å². The zero-order valence-corrected chi connectivity index (χ0v) is 16.6. The molecular weight excluding hydrogens is 312 g/mol. The highest BCUT2D eigenvalue weighted by atomic mass is 14.3. The number of hydrogen-bond acceptors (Lipinski definition) is 0. The van der Waals surface area contributed by atoms with Crippen molar-refractivity contribution in [3.8, 4) is 11.1 Å². The molecule has 0 atom stereocenters. The predicted molar refractivity (Wildman–Crippen MR) is 115 cm³/mol. The average Bonchev–Trinajstić information content (AvgIpc) is 2.70. The van der Waals surface area contributed by atoms with Crippen molar-refractivity contribution in [1.29, 1.82) is 0 Å². The number of benzene rings is 2. The Morgan fingerprint density at radius 1 is 0.846 bits per heavy atom. The Morgan fingerprint density at radius 3 is 2.04 bits per heavy atom. The largest absolute Gasteiger partial charge is 0.0917 e. The van der Waals surface area contributed by atoms with Gasteiger partial charge in [-0.25, -0.2) is 0 Å². The van der Waals surface area contributed by atoms with Crippen LogP contribution < -0.4 is 0 Å². The lowest BCUT2D eigenvalue weighted by molar-refractivity contribution is 0.308. The fourth-order valence-corrected chi connectivity index (χ4v) is 4.42. The number of hydrogen-bond donors (Lipinski definition) is 0. The van der Waals surface area contributed by atoms with E-state index in [1.165, 1.54) is 55.2 Å². The maximum atomic E-state index is 2.38. The summed E-state index contributed by atoms with van der Waals surface area (Å²) in [5.41, 5.74) is 5.64. The van der Waals surface area contributed by atoms with E-state index in [1.54, 1.807) is 5.56 Å². The first-order valence-electron chi connectivity index (χ1n) is 10.6. The molecule has 0 heterocycles. The van der Waals surface area contributed by atoms with Crippen LogP contribution in [-0.2, 0) is 6.42 Å². The molecule has 0 spiro atoms. The zero-order valence-electron chi connectivity index (χ0n) is 16.6. The highest BCUT2D eigenvalue weighted by Gasteiger charge is 2.21. The number of allylic oxidation sites excluding steroid dienone is 2. The van der Waals surface area contributed by atoms with Gasteiger partial charge in [0.15, 0.2) is 0 Å². The van der Waals surface area contributed by atoms with Crippen LogP contribution in [0.1, 0.15) is 75.8 Å². The second kappa shape index (κ2) is 9.76. The van der Waals surface area contributed by atoms with Gasteiger partial charge in [0.1, 0.15) is 0 Å². The topological polar surface area (TPSA) is 0 Å². The van der Waals surface area contributed by atoms with Gasteiger partial charge in [-0.2, -0.15) is 0 Å². The van der Waals surface area contributed by atoms with E-state index >= 15 is 0 Å². The van der Waals surface area contributed by atoms with E-state index < -0.39 is 0 Å². The summed E-state index contributed by atoms with van der Waals surface area (Å²) in [5.74, 6) is 1.77. The summed E-state index contributed by atoms with van der Waals surface area (Å²) >= 11 is 0. The van der Waals surface area contributed by atoms with Crippen LogP contribution in [-0.4, -0.2) is 0 Å². The van der Waals surface area contributed by atoms with E-state index in [4.69, 9.17) is 0 Å². The minimum Gasteiger partial charge on any atom is -0.0917 e. The summed E-state index contributed by atoms with van der Waals surface area (Å²) in [6, 6.07) is 18.5. The van der Waals surface area contributed by atoms with Crippen LogP contribution in [0.4, 0.5) is 0 Å². The first-order chi connectivity index (χ1) is 12.8. The molecule has 2 aromatic rings. The van der Waals surface area contributed by atoms with E-state index in [9.17, 15) is 0 Å². The molecule has 0 saturated heterocycles. The lowest BCUT2D eigenvalue weighted by atomic mass is 9.77. The molecule has 26 heavy (non-hydrogen) atoms. The lowest BCUT2D eigenvalue weighted by Crippen LogP contribution is -2.13. The summed E-state index contributed by atoms with van der Waals surface area (Å²) in [7, 11) is 0. The predicted octanol–water partition coefficient (Wildman–Crippen LogP) is 7.94.